The summed E-state index contributed by atoms with van der Waals surface area (Å²) in [6.07, 6.45) is 3.14. The molecule has 31 heavy (non-hydrogen) atoms. The zero-order valence-corrected chi connectivity index (χ0v) is 17.5. The highest BCUT2D eigenvalue weighted by Gasteiger charge is 2.33. The highest BCUT2D eigenvalue weighted by molar-refractivity contribution is 6.05. The Balaban J connectivity index is 1.94. The molecule has 0 N–H and O–H groups in total. The van der Waals surface area contributed by atoms with Crippen LogP contribution < -0.4 is 4.74 Å². The lowest BCUT2D eigenvalue weighted by Crippen LogP contribution is -2.29. The van der Waals surface area contributed by atoms with Crippen molar-refractivity contribution in [3.05, 3.63) is 77.0 Å². The van der Waals surface area contributed by atoms with Crippen LogP contribution in [0.4, 0.5) is 17.6 Å². The molecule has 0 saturated heterocycles. The van der Waals surface area contributed by atoms with Crippen LogP contribution >= 0.6 is 0 Å². The van der Waals surface area contributed by atoms with Gasteiger partial charge >= 0.3 is 6.18 Å². The van der Waals surface area contributed by atoms with Crippen molar-refractivity contribution in [2.45, 2.75) is 51.8 Å². The number of hydrogen-bond donors (Lipinski definition) is 0. The second kappa shape index (κ2) is 9.98. The first-order chi connectivity index (χ1) is 14.8. The number of aliphatic imine (C=N–C) groups is 1. The quantitative estimate of drug-likeness (QED) is 0.362. The van der Waals surface area contributed by atoms with E-state index in [0.717, 1.165) is 18.6 Å². The van der Waals surface area contributed by atoms with E-state index >= 15 is 0 Å². The highest BCUT2D eigenvalue weighted by Crippen LogP contribution is 2.34. The van der Waals surface area contributed by atoms with Crippen LogP contribution in [0.25, 0.3) is 0 Å². The van der Waals surface area contributed by atoms with Crippen LogP contribution in [0.2, 0.25) is 0 Å². The van der Waals surface area contributed by atoms with Crippen LogP contribution in [-0.2, 0) is 4.74 Å². The second-order valence-corrected chi connectivity index (χ2v) is 7.27. The van der Waals surface area contributed by atoms with Crippen LogP contribution in [0.3, 0.4) is 0 Å². The third-order valence-electron chi connectivity index (χ3n) is 4.93. The molecule has 0 amide bonds. The zero-order valence-electron chi connectivity index (χ0n) is 17.5. The molecular formula is C24H25F4NO2. The topological polar surface area (TPSA) is 30.8 Å². The van der Waals surface area contributed by atoms with Crippen molar-refractivity contribution in [3.63, 3.8) is 0 Å². The van der Waals surface area contributed by atoms with Gasteiger partial charge in [-0.3, -0.25) is 0 Å². The minimum Gasteiger partial charge on any atom is -0.490 e. The van der Waals surface area contributed by atoms with Crippen LogP contribution in [-0.4, -0.2) is 24.6 Å². The fourth-order valence-corrected chi connectivity index (χ4v) is 3.50. The maximum atomic E-state index is 13.4. The highest BCUT2D eigenvalue weighted by atomic mass is 19.4. The molecule has 1 aromatic rings. The van der Waals surface area contributed by atoms with E-state index in [-0.39, 0.29) is 18.8 Å². The molecule has 1 aromatic carbocycles. The van der Waals surface area contributed by atoms with Crippen molar-refractivity contribution in [2.75, 3.05) is 6.61 Å². The summed E-state index contributed by atoms with van der Waals surface area (Å²) in [5.41, 5.74) is 0.628. The van der Waals surface area contributed by atoms with Gasteiger partial charge in [-0.05, 0) is 62.1 Å². The van der Waals surface area contributed by atoms with Crippen LogP contribution in [0.5, 0.6) is 5.75 Å². The first-order valence-corrected chi connectivity index (χ1v) is 10.3. The normalized spacial score (nSPS) is 20.5. The number of nitrogens with zero attached hydrogens (tertiary/aromatic N) is 1. The number of allylic oxidation sites excluding steroid dienone is 6. The molecule has 7 heteroatoms. The van der Waals surface area contributed by atoms with Crippen molar-refractivity contribution >= 4 is 5.71 Å². The van der Waals surface area contributed by atoms with E-state index in [4.69, 9.17) is 9.47 Å². The average molecular weight is 435 g/mol. The Morgan fingerprint density at radius 2 is 2.00 bits per heavy atom. The predicted octanol–water partition coefficient (Wildman–Crippen LogP) is 6.84. The van der Waals surface area contributed by atoms with Gasteiger partial charge in [0.2, 0.25) is 0 Å². The molecular weight excluding hydrogens is 410 g/mol. The van der Waals surface area contributed by atoms with E-state index in [9.17, 15) is 17.6 Å². The smallest absolute Gasteiger partial charge is 0.416 e. The van der Waals surface area contributed by atoms with E-state index in [1.807, 2.05) is 0 Å². The molecule has 1 atom stereocenters. The number of rotatable bonds is 6. The lowest BCUT2D eigenvalue weighted by atomic mass is 9.97. The molecule has 0 fully saturated rings. The molecule has 0 radical (unpaired) electrons. The lowest BCUT2D eigenvalue weighted by Gasteiger charge is -2.30. The van der Waals surface area contributed by atoms with E-state index in [2.05, 4.69) is 4.99 Å². The summed E-state index contributed by atoms with van der Waals surface area (Å²) >= 11 is 0. The number of hydrogen-bond acceptors (Lipinski definition) is 3. The number of ether oxygens (including phenoxy) is 2. The fourth-order valence-electron chi connectivity index (χ4n) is 3.50. The number of alkyl halides is 3. The molecule has 0 aromatic heterocycles. The van der Waals surface area contributed by atoms with Gasteiger partial charge in [-0.25, -0.2) is 9.38 Å². The van der Waals surface area contributed by atoms with Gasteiger partial charge < -0.3 is 9.47 Å². The maximum Gasteiger partial charge on any atom is 0.416 e. The SMILES string of the molecule is C\C=C/C(=C\C(=C\CC)C(F)(F)F)C1=NC2=C(CCCC2Oc2ccc(F)cc2)OC1. The monoisotopic (exact) mass is 435 g/mol. The fraction of sp³-hybridized carbons (Fsp3) is 0.375. The Morgan fingerprint density at radius 3 is 2.65 bits per heavy atom. The van der Waals surface area contributed by atoms with Crippen molar-refractivity contribution in [1.29, 1.82) is 0 Å². The standard InChI is InChI=1S/C24H25F4NO2/c1-3-6-16(14-17(7-4-2)24(26,27)28)20-15-30-21-8-5-9-22(23(21)29-20)31-19-12-10-18(25)11-13-19/h3,6-7,10-14,22H,4-5,8-9,15H2,1-2H3/b6-3-,16-14+,17-7-. The number of benzene rings is 1. The van der Waals surface area contributed by atoms with Crippen LogP contribution in [0, 0.1) is 5.82 Å². The Hall–Kier alpha value is -2.83. The van der Waals surface area contributed by atoms with Crippen LogP contribution in [0.15, 0.2) is 76.2 Å². The summed E-state index contributed by atoms with van der Waals surface area (Å²) < 4.78 is 65.3. The molecule has 166 valence electrons. The van der Waals surface area contributed by atoms with Crippen molar-refractivity contribution < 1.29 is 27.0 Å². The molecule has 1 aliphatic heterocycles. The molecule has 0 saturated carbocycles. The van der Waals surface area contributed by atoms with Gasteiger partial charge in [-0.1, -0.05) is 25.2 Å². The molecule has 3 rings (SSSR count). The van der Waals surface area contributed by atoms with Gasteiger partial charge in [0.25, 0.3) is 0 Å². The van der Waals surface area contributed by atoms with Gasteiger partial charge in [-0.2, -0.15) is 13.2 Å². The van der Waals surface area contributed by atoms with E-state index in [1.165, 1.54) is 24.3 Å². The Morgan fingerprint density at radius 1 is 1.26 bits per heavy atom. The third-order valence-corrected chi connectivity index (χ3v) is 4.93. The minimum atomic E-state index is -4.46. The van der Waals surface area contributed by atoms with Gasteiger partial charge in [-0.15, -0.1) is 0 Å². The van der Waals surface area contributed by atoms with E-state index in [1.54, 1.807) is 26.0 Å². The van der Waals surface area contributed by atoms with Crippen LogP contribution in [0.1, 0.15) is 39.5 Å². The summed E-state index contributed by atoms with van der Waals surface area (Å²) in [6, 6.07) is 5.69. The summed E-state index contributed by atoms with van der Waals surface area (Å²) in [5, 5.41) is 0. The van der Waals surface area contributed by atoms with Gasteiger partial charge in [0.15, 0.2) is 0 Å². The first kappa shape index (κ1) is 22.8. The third kappa shape index (κ3) is 5.87. The van der Waals surface area contributed by atoms with Gasteiger partial charge in [0.1, 0.15) is 35.7 Å². The molecule has 3 nitrogen and oxygen atoms in total. The molecule has 1 unspecified atom stereocenters. The van der Waals surface area contributed by atoms with Crippen molar-refractivity contribution in [1.82, 2.24) is 0 Å². The summed E-state index contributed by atoms with van der Waals surface area (Å²) in [6.45, 7) is 3.49. The predicted molar refractivity (Wildman–Crippen MR) is 112 cm³/mol. The summed E-state index contributed by atoms with van der Waals surface area (Å²) in [7, 11) is 0. The first-order valence-electron chi connectivity index (χ1n) is 10.3. The molecule has 1 heterocycles. The van der Waals surface area contributed by atoms with Crippen molar-refractivity contribution in [3.8, 4) is 5.75 Å². The molecule has 0 bridgehead atoms. The molecule has 0 spiro atoms. The summed E-state index contributed by atoms with van der Waals surface area (Å²) in [5.74, 6) is 0.831. The average Bonchev–Trinajstić information content (AvgIpc) is 2.74. The molecule has 1 aliphatic carbocycles. The lowest BCUT2D eigenvalue weighted by molar-refractivity contribution is -0.0884. The molecule has 2 aliphatic rings. The zero-order chi connectivity index (χ0) is 22.4. The number of halogens is 4. The van der Waals surface area contributed by atoms with Crippen molar-refractivity contribution in [2.24, 2.45) is 4.99 Å². The second-order valence-electron chi connectivity index (χ2n) is 7.27. The largest absolute Gasteiger partial charge is 0.490 e. The van der Waals surface area contributed by atoms with E-state index in [0.29, 0.717) is 41.3 Å². The Bertz CT molecular complexity index is 937. The van der Waals surface area contributed by atoms with Gasteiger partial charge in [0, 0.05) is 6.42 Å². The Labute approximate surface area is 179 Å². The summed E-state index contributed by atoms with van der Waals surface area (Å²) in [4.78, 5) is 4.67. The van der Waals surface area contributed by atoms with Gasteiger partial charge in [0.05, 0.1) is 11.3 Å². The minimum absolute atomic E-state index is 0.0928. The Kier molecular flexibility index (Phi) is 7.36. The maximum absolute atomic E-state index is 13.4. The van der Waals surface area contributed by atoms with E-state index < -0.39 is 17.9 Å².